The molecule has 0 amide bonds. The van der Waals surface area contributed by atoms with E-state index in [0.717, 1.165) is 0 Å². The average Bonchev–Trinajstić information content (AvgIpc) is 2.01. The first-order valence-electron chi connectivity index (χ1n) is 4.10. The van der Waals surface area contributed by atoms with E-state index in [2.05, 4.69) is 0 Å². The third-order valence-corrected chi connectivity index (χ3v) is 3.35. The van der Waals surface area contributed by atoms with E-state index in [9.17, 15) is 10.1 Å². The van der Waals surface area contributed by atoms with Crippen molar-refractivity contribution in [2.45, 2.75) is 20.8 Å². The summed E-state index contributed by atoms with van der Waals surface area (Å²) in [5, 5.41) is 10.9. The molecule has 1 atom stereocenters. The fourth-order valence-electron chi connectivity index (χ4n) is 1.22. The molecule has 13 heavy (non-hydrogen) atoms. The molecule has 0 aromatic rings. The van der Waals surface area contributed by atoms with Gasteiger partial charge in [0.05, 0.1) is 4.92 Å². The van der Waals surface area contributed by atoms with Gasteiger partial charge in [0.15, 0.2) is 0 Å². The van der Waals surface area contributed by atoms with Crippen molar-refractivity contribution >= 4 is 11.6 Å². The fraction of sp³-hybridized carbons (Fsp3) is 0.556. The molecule has 0 saturated carbocycles. The van der Waals surface area contributed by atoms with Gasteiger partial charge in [0.2, 0.25) is 0 Å². The predicted octanol–water partition coefficient (Wildman–Crippen LogP) is 2.95. The number of hydrogen-bond acceptors (Lipinski definition) is 2. The summed E-state index contributed by atoms with van der Waals surface area (Å²) in [5.41, 5.74) is -0.316. The van der Waals surface area contributed by atoms with Crippen LogP contribution in [0.15, 0.2) is 22.9 Å². The molecular formula is C9H12ClNO2. The number of allylic oxidation sites excluding steroid dienone is 3. The SMILES string of the molecule is CC1C=CC([N+](=O)[O-])=C(Cl)C1(C)C. The molecule has 0 aromatic carbocycles. The molecule has 1 aliphatic rings. The van der Waals surface area contributed by atoms with E-state index in [0.29, 0.717) is 5.03 Å². The average molecular weight is 202 g/mol. The van der Waals surface area contributed by atoms with E-state index in [4.69, 9.17) is 11.6 Å². The smallest absolute Gasteiger partial charge is 0.258 e. The summed E-state index contributed by atoms with van der Waals surface area (Å²) < 4.78 is 0. The van der Waals surface area contributed by atoms with Crippen molar-refractivity contribution in [3.63, 3.8) is 0 Å². The van der Waals surface area contributed by atoms with E-state index < -0.39 is 4.92 Å². The Morgan fingerprint density at radius 2 is 2.15 bits per heavy atom. The van der Waals surface area contributed by atoms with Crippen LogP contribution in [0.4, 0.5) is 0 Å². The van der Waals surface area contributed by atoms with Crippen LogP contribution in [0.3, 0.4) is 0 Å². The van der Waals surface area contributed by atoms with Crippen molar-refractivity contribution in [2.24, 2.45) is 11.3 Å². The summed E-state index contributed by atoms with van der Waals surface area (Å²) >= 11 is 5.95. The van der Waals surface area contributed by atoms with Gasteiger partial charge in [-0.2, -0.15) is 0 Å². The molecule has 1 aliphatic carbocycles. The predicted molar refractivity (Wildman–Crippen MR) is 52.0 cm³/mol. The normalized spacial score (nSPS) is 26.3. The fourth-order valence-corrected chi connectivity index (χ4v) is 1.52. The van der Waals surface area contributed by atoms with Gasteiger partial charge in [-0.25, -0.2) is 0 Å². The molecule has 1 rings (SSSR count). The number of nitrogens with zero attached hydrogens (tertiary/aromatic N) is 1. The Hall–Kier alpha value is -0.830. The summed E-state index contributed by atoms with van der Waals surface area (Å²) in [5.74, 6) is 0.226. The molecule has 0 bridgehead atoms. The lowest BCUT2D eigenvalue weighted by Gasteiger charge is -2.31. The van der Waals surface area contributed by atoms with Gasteiger partial charge in [0, 0.05) is 11.5 Å². The van der Waals surface area contributed by atoms with E-state index >= 15 is 0 Å². The highest BCUT2D eigenvalue weighted by molar-refractivity contribution is 6.30. The van der Waals surface area contributed by atoms with Crippen LogP contribution in [-0.4, -0.2) is 4.92 Å². The standard InChI is InChI=1S/C9H12ClNO2/c1-6-4-5-7(11(12)13)8(10)9(6,2)3/h4-6H,1-3H3. The van der Waals surface area contributed by atoms with Gasteiger partial charge >= 0.3 is 0 Å². The number of halogens is 1. The quantitative estimate of drug-likeness (QED) is 0.484. The topological polar surface area (TPSA) is 43.1 Å². The molecule has 0 spiro atoms. The van der Waals surface area contributed by atoms with Crippen LogP contribution < -0.4 is 0 Å². The summed E-state index contributed by atoms with van der Waals surface area (Å²) in [7, 11) is 0. The maximum atomic E-state index is 10.6. The first-order chi connectivity index (χ1) is 5.87. The maximum absolute atomic E-state index is 10.6. The molecule has 72 valence electrons. The molecule has 1 unspecified atom stereocenters. The molecule has 0 aliphatic heterocycles. The Morgan fingerprint density at radius 1 is 1.62 bits per heavy atom. The number of rotatable bonds is 1. The van der Waals surface area contributed by atoms with Gasteiger partial charge in [-0.1, -0.05) is 38.4 Å². The van der Waals surface area contributed by atoms with Crippen molar-refractivity contribution in [3.05, 3.63) is 33.0 Å². The second-order valence-corrected chi connectivity index (χ2v) is 4.20. The summed E-state index contributed by atoms with van der Waals surface area (Å²) in [6, 6.07) is 0. The summed E-state index contributed by atoms with van der Waals surface area (Å²) in [6.45, 7) is 5.82. The van der Waals surface area contributed by atoms with Crippen LogP contribution in [0.25, 0.3) is 0 Å². The van der Waals surface area contributed by atoms with Crippen molar-refractivity contribution in [1.29, 1.82) is 0 Å². The molecule has 3 nitrogen and oxygen atoms in total. The molecule has 0 saturated heterocycles. The van der Waals surface area contributed by atoms with Crippen molar-refractivity contribution in [3.8, 4) is 0 Å². The third-order valence-electron chi connectivity index (χ3n) is 2.67. The van der Waals surface area contributed by atoms with Crippen LogP contribution in [0.1, 0.15) is 20.8 Å². The zero-order valence-electron chi connectivity index (χ0n) is 7.87. The highest BCUT2D eigenvalue weighted by Gasteiger charge is 2.36. The Morgan fingerprint density at radius 3 is 2.62 bits per heavy atom. The van der Waals surface area contributed by atoms with E-state index in [1.54, 1.807) is 0 Å². The molecule has 4 heteroatoms. The van der Waals surface area contributed by atoms with Crippen molar-refractivity contribution in [1.82, 2.24) is 0 Å². The molecule has 0 heterocycles. The van der Waals surface area contributed by atoms with Crippen LogP contribution >= 0.6 is 11.6 Å². The molecule has 0 fully saturated rings. The van der Waals surface area contributed by atoms with Crippen molar-refractivity contribution in [2.75, 3.05) is 0 Å². The maximum Gasteiger partial charge on any atom is 0.284 e. The van der Waals surface area contributed by atoms with Gasteiger partial charge < -0.3 is 0 Å². The first-order valence-corrected chi connectivity index (χ1v) is 4.48. The van der Waals surface area contributed by atoms with Gasteiger partial charge in [-0.3, -0.25) is 10.1 Å². The highest BCUT2D eigenvalue weighted by atomic mass is 35.5. The van der Waals surface area contributed by atoms with Gasteiger partial charge in [-0.15, -0.1) is 0 Å². The van der Waals surface area contributed by atoms with Gasteiger partial charge in [0.25, 0.3) is 5.70 Å². The van der Waals surface area contributed by atoms with Crippen LogP contribution in [0.5, 0.6) is 0 Å². The van der Waals surface area contributed by atoms with Crippen LogP contribution in [0, 0.1) is 21.4 Å². The lowest BCUT2D eigenvalue weighted by Crippen LogP contribution is -2.25. The first kappa shape index (κ1) is 10.3. The lowest BCUT2D eigenvalue weighted by molar-refractivity contribution is -0.420. The third kappa shape index (κ3) is 1.61. The van der Waals surface area contributed by atoms with E-state index in [-0.39, 0.29) is 17.0 Å². The minimum Gasteiger partial charge on any atom is -0.258 e. The Labute approximate surface area is 82.2 Å². The Kier molecular flexibility index (Phi) is 2.48. The molecular weight excluding hydrogens is 190 g/mol. The van der Waals surface area contributed by atoms with Gasteiger partial charge in [-0.05, 0) is 5.92 Å². The minimum atomic E-state index is -0.438. The minimum absolute atomic E-state index is 0.0183. The zero-order chi connectivity index (χ0) is 10.2. The molecule has 0 radical (unpaired) electrons. The molecule has 0 aromatic heterocycles. The van der Waals surface area contributed by atoms with Crippen molar-refractivity contribution < 1.29 is 4.92 Å². The monoisotopic (exact) mass is 201 g/mol. The highest BCUT2D eigenvalue weighted by Crippen LogP contribution is 2.43. The second kappa shape index (κ2) is 3.14. The summed E-state index contributed by atoms with van der Waals surface area (Å²) in [6.07, 6.45) is 3.31. The van der Waals surface area contributed by atoms with Gasteiger partial charge in [0.1, 0.15) is 5.03 Å². The number of nitro groups is 1. The molecule has 0 N–H and O–H groups in total. The summed E-state index contributed by atoms with van der Waals surface area (Å²) in [4.78, 5) is 10.1. The van der Waals surface area contributed by atoms with Crippen LogP contribution in [-0.2, 0) is 0 Å². The largest absolute Gasteiger partial charge is 0.284 e. The Balaban J connectivity index is 3.19. The number of hydrogen-bond donors (Lipinski definition) is 0. The van der Waals surface area contributed by atoms with Crippen LogP contribution in [0.2, 0.25) is 0 Å². The zero-order valence-corrected chi connectivity index (χ0v) is 8.63. The lowest BCUT2D eigenvalue weighted by atomic mass is 9.76. The van der Waals surface area contributed by atoms with E-state index in [1.807, 2.05) is 26.8 Å². The second-order valence-electron chi connectivity index (χ2n) is 3.83. The van der Waals surface area contributed by atoms with E-state index in [1.165, 1.54) is 6.08 Å². The Bertz CT molecular complexity index is 305.